The van der Waals surface area contributed by atoms with Crippen LogP contribution in [0.4, 0.5) is 0 Å². The van der Waals surface area contributed by atoms with Crippen molar-refractivity contribution in [2.75, 3.05) is 0 Å². The van der Waals surface area contributed by atoms with Gasteiger partial charge in [0.2, 0.25) is 0 Å². The van der Waals surface area contributed by atoms with E-state index in [2.05, 4.69) is 41.6 Å². The Morgan fingerprint density at radius 3 is 3.00 bits per heavy atom. The molecule has 0 aliphatic heterocycles. The van der Waals surface area contributed by atoms with Crippen LogP contribution in [0.15, 0.2) is 12.1 Å². The van der Waals surface area contributed by atoms with Gasteiger partial charge >= 0.3 is 0 Å². The van der Waals surface area contributed by atoms with Gasteiger partial charge in [0, 0.05) is 9.61 Å². The molecule has 0 fully saturated rings. The van der Waals surface area contributed by atoms with Crippen molar-refractivity contribution in [3.63, 3.8) is 0 Å². The average molecular weight is 287 g/mol. The summed E-state index contributed by atoms with van der Waals surface area (Å²) >= 11 is 2.41. The third kappa shape index (κ3) is 1.62. The van der Waals surface area contributed by atoms with E-state index in [1.807, 2.05) is 0 Å². The summed E-state index contributed by atoms with van der Waals surface area (Å²) in [5, 5.41) is 0. The summed E-state index contributed by atoms with van der Waals surface area (Å²) in [6.07, 6.45) is 3.42. The molecule has 0 aromatic heterocycles. The highest BCUT2D eigenvalue weighted by Crippen LogP contribution is 2.32. The van der Waals surface area contributed by atoms with Gasteiger partial charge in [-0.1, -0.05) is 13.0 Å². The van der Waals surface area contributed by atoms with E-state index in [0.29, 0.717) is 0 Å². The Labute approximate surface area is 92.9 Å². The van der Waals surface area contributed by atoms with E-state index >= 15 is 0 Å². The number of benzene rings is 1. The minimum atomic E-state index is 0.287. The third-order valence-electron chi connectivity index (χ3n) is 2.81. The van der Waals surface area contributed by atoms with Gasteiger partial charge in [-0.15, -0.1) is 0 Å². The van der Waals surface area contributed by atoms with Crippen LogP contribution in [0.1, 0.15) is 36.1 Å². The Morgan fingerprint density at radius 2 is 2.31 bits per heavy atom. The van der Waals surface area contributed by atoms with Crippen molar-refractivity contribution in [3.8, 4) is 0 Å². The lowest BCUT2D eigenvalue weighted by Gasteiger charge is -2.08. The molecule has 70 valence electrons. The SMILES string of the molecule is CCc1cc2c(cc1I)[C@H](N)CC2. The lowest BCUT2D eigenvalue weighted by atomic mass is 10.0. The Hall–Kier alpha value is -0.0900. The largest absolute Gasteiger partial charge is 0.324 e. The quantitative estimate of drug-likeness (QED) is 0.790. The summed E-state index contributed by atoms with van der Waals surface area (Å²) in [4.78, 5) is 0. The van der Waals surface area contributed by atoms with Crippen molar-refractivity contribution >= 4 is 22.6 Å². The molecule has 2 N–H and O–H groups in total. The van der Waals surface area contributed by atoms with Crippen LogP contribution in [0.25, 0.3) is 0 Å². The Bertz CT molecular complexity index is 333. The van der Waals surface area contributed by atoms with Crippen LogP contribution in [0, 0.1) is 3.57 Å². The topological polar surface area (TPSA) is 26.0 Å². The van der Waals surface area contributed by atoms with Gasteiger partial charge in [0.25, 0.3) is 0 Å². The summed E-state index contributed by atoms with van der Waals surface area (Å²) in [6.45, 7) is 2.21. The number of fused-ring (bicyclic) bond motifs is 1. The van der Waals surface area contributed by atoms with Gasteiger partial charge in [0.15, 0.2) is 0 Å². The predicted molar refractivity (Wildman–Crippen MR) is 63.8 cm³/mol. The first kappa shape index (κ1) is 9.46. The van der Waals surface area contributed by atoms with E-state index in [1.54, 1.807) is 0 Å². The molecule has 0 amide bonds. The molecule has 1 aliphatic rings. The van der Waals surface area contributed by atoms with Crippen molar-refractivity contribution < 1.29 is 0 Å². The van der Waals surface area contributed by atoms with Crippen molar-refractivity contribution in [2.24, 2.45) is 5.73 Å². The van der Waals surface area contributed by atoms with Gasteiger partial charge in [-0.2, -0.15) is 0 Å². The highest BCUT2D eigenvalue weighted by Gasteiger charge is 2.19. The molecule has 1 aliphatic carbocycles. The van der Waals surface area contributed by atoms with Crippen molar-refractivity contribution in [1.29, 1.82) is 0 Å². The van der Waals surface area contributed by atoms with Gasteiger partial charge < -0.3 is 5.73 Å². The van der Waals surface area contributed by atoms with E-state index < -0.39 is 0 Å². The molecule has 2 heteroatoms. The molecule has 0 spiro atoms. The second-order valence-corrected chi connectivity index (χ2v) is 4.80. The Morgan fingerprint density at radius 1 is 1.54 bits per heavy atom. The fourth-order valence-electron chi connectivity index (χ4n) is 1.98. The van der Waals surface area contributed by atoms with Crippen molar-refractivity contribution in [1.82, 2.24) is 0 Å². The van der Waals surface area contributed by atoms with E-state index in [-0.39, 0.29) is 6.04 Å². The van der Waals surface area contributed by atoms with Crippen LogP contribution < -0.4 is 5.73 Å². The fourth-order valence-corrected chi connectivity index (χ4v) is 2.86. The molecule has 1 aromatic carbocycles. The molecule has 13 heavy (non-hydrogen) atoms. The van der Waals surface area contributed by atoms with E-state index in [9.17, 15) is 0 Å². The van der Waals surface area contributed by atoms with Crippen LogP contribution in [0.2, 0.25) is 0 Å². The summed E-state index contributed by atoms with van der Waals surface area (Å²) in [6, 6.07) is 4.89. The van der Waals surface area contributed by atoms with E-state index in [0.717, 1.165) is 12.8 Å². The molecule has 0 bridgehead atoms. The van der Waals surface area contributed by atoms with E-state index in [4.69, 9.17) is 5.73 Å². The van der Waals surface area contributed by atoms with Crippen molar-refractivity contribution in [2.45, 2.75) is 32.2 Å². The molecule has 1 aromatic rings. The minimum Gasteiger partial charge on any atom is -0.324 e. The van der Waals surface area contributed by atoms with Crippen LogP contribution in [-0.4, -0.2) is 0 Å². The smallest absolute Gasteiger partial charge is 0.0301 e. The van der Waals surface area contributed by atoms with E-state index in [1.165, 1.54) is 26.7 Å². The maximum Gasteiger partial charge on any atom is 0.0301 e. The minimum absolute atomic E-state index is 0.287. The lowest BCUT2D eigenvalue weighted by Crippen LogP contribution is -2.05. The predicted octanol–water partition coefficient (Wildman–Crippen LogP) is 2.80. The maximum absolute atomic E-state index is 6.00. The molecular formula is C11H14IN. The van der Waals surface area contributed by atoms with Crippen LogP contribution in [0.3, 0.4) is 0 Å². The summed E-state index contributed by atoms with van der Waals surface area (Å²) in [5.74, 6) is 0. The van der Waals surface area contributed by atoms with Crippen LogP contribution in [0.5, 0.6) is 0 Å². The number of hydrogen-bond donors (Lipinski definition) is 1. The normalized spacial score (nSPS) is 20.4. The molecular weight excluding hydrogens is 273 g/mol. The van der Waals surface area contributed by atoms with Gasteiger partial charge in [-0.05, 0) is 64.6 Å². The molecule has 0 saturated carbocycles. The second kappa shape index (κ2) is 3.58. The Kier molecular flexibility index (Phi) is 2.60. The first-order valence-corrected chi connectivity index (χ1v) is 5.87. The van der Waals surface area contributed by atoms with Gasteiger partial charge in [0.05, 0.1) is 0 Å². The van der Waals surface area contributed by atoms with Gasteiger partial charge in [-0.25, -0.2) is 0 Å². The van der Waals surface area contributed by atoms with Gasteiger partial charge in [0.1, 0.15) is 0 Å². The number of hydrogen-bond acceptors (Lipinski definition) is 1. The first-order valence-electron chi connectivity index (χ1n) is 4.79. The molecule has 0 radical (unpaired) electrons. The molecule has 1 nitrogen and oxygen atoms in total. The summed E-state index contributed by atoms with van der Waals surface area (Å²) in [5.41, 5.74) is 10.3. The number of rotatable bonds is 1. The zero-order valence-corrected chi connectivity index (χ0v) is 9.97. The van der Waals surface area contributed by atoms with Crippen LogP contribution in [-0.2, 0) is 12.8 Å². The van der Waals surface area contributed by atoms with Crippen LogP contribution >= 0.6 is 22.6 Å². The highest BCUT2D eigenvalue weighted by molar-refractivity contribution is 14.1. The molecule has 1 atom stereocenters. The summed E-state index contributed by atoms with van der Waals surface area (Å²) < 4.78 is 1.37. The summed E-state index contributed by atoms with van der Waals surface area (Å²) in [7, 11) is 0. The monoisotopic (exact) mass is 287 g/mol. The molecule has 0 unspecified atom stereocenters. The molecule has 2 rings (SSSR count). The Balaban J connectivity index is 2.50. The maximum atomic E-state index is 6.00. The number of halogens is 1. The lowest BCUT2D eigenvalue weighted by molar-refractivity contribution is 0.713. The molecule has 0 saturated heterocycles. The second-order valence-electron chi connectivity index (χ2n) is 3.64. The first-order chi connectivity index (χ1) is 6.22. The zero-order chi connectivity index (χ0) is 9.42. The third-order valence-corrected chi connectivity index (χ3v) is 3.82. The molecule has 0 heterocycles. The van der Waals surface area contributed by atoms with Gasteiger partial charge in [-0.3, -0.25) is 0 Å². The fraction of sp³-hybridized carbons (Fsp3) is 0.455. The van der Waals surface area contributed by atoms with Crippen molar-refractivity contribution in [3.05, 3.63) is 32.4 Å². The zero-order valence-electron chi connectivity index (χ0n) is 7.81. The highest BCUT2D eigenvalue weighted by atomic mass is 127. The number of nitrogens with two attached hydrogens (primary N) is 1. The average Bonchev–Trinajstić information content (AvgIpc) is 2.47. The standard InChI is InChI=1S/C11H14IN/c1-2-7-5-8-3-4-11(13)9(8)6-10(7)12/h5-6,11H,2-4,13H2,1H3/t11-/m1/s1. The number of aryl methyl sites for hydroxylation is 2.